The van der Waals surface area contributed by atoms with Crippen LogP contribution in [0.2, 0.25) is 0 Å². The van der Waals surface area contributed by atoms with E-state index in [1.54, 1.807) is 0 Å². The summed E-state index contributed by atoms with van der Waals surface area (Å²) in [6.07, 6.45) is -0.478. The van der Waals surface area contributed by atoms with E-state index in [1.807, 2.05) is 121 Å². The zero-order valence-corrected chi connectivity index (χ0v) is 24.0. The summed E-state index contributed by atoms with van der Waals surface area (Å²) in [5.74, 6) is -0.126. The van der Waals surface area contributed by atoms with Crippen molar-refractivity contribution < 1.29 is 23.9 Å². The number of rotatable bonds is 14. The van der Waals surface area contributed by atoms with E-state index in [-0.39, 0.29) is 25.4 Å². The van der Waals surface area contributed by atoms with E-state index in [0.717, 1.165) is 22.3 Å². The molecule has 0 saturated carbocycles. The molecule has 8 heteroatoms. The molecule has 0 aliphatic heterocycles. The first-order valence-electron chi connectivity index (χ1n) is 13.7. The molecule has 0 heterocycles. The van der Waals surface area contributed by atoms with E-state index in [9.17, 15) is 14.4 Å². The molecule has 4 aromatic carbocycles. The predicted octanol–water partition coefficient (Wildman–Crippen LogP) is 5.69. The van der Waals surface area contributed by atoms with Crippen molar-refractivity contribution in [3.63, 3.8) is 0 Å². The molecule has 0 radical (unpaired) electrons. The Labute approximate surface area is 250 Å². The van der Waals surface area contributed by atoms with Gasteiger partial charge in [0.15, 0.2) is 0 Å². The topological polar surface area (TPSA) is 93.7 Å². The van der Waals surface area contributed by atoms with E-state index in [2.05, 4.69) is 10.6 Å². The molecule has 0 aliphatic rings. The van der Waals surface area contributed by atoms with Gasteiger partial charge in [-0.2, -0.15) is 11.8 Å². The van der Waals surface area contributed by atoms with Gasteiger partial charge in [-0.1, -0.05) is 121 Å². The van der Waals surface area contributed by atoms with Crippen LogP contribution < -0.4 is 10.6 Å². The molecular weight excluding hydrogens is 548 g/mol. The molecule has 0 bridgehead atoms. The Bertz CT molecular complexity index is 1390. The van der Waals surface area contributed by atoms with Gasteiger partial charge in [0.25, 0.3) is 0 Å². The molecule has 2 amide bonds. The van der Waals surface area contributed by atoms with Crippen LogP contribution in [0.3, 0.4) is 0 Å². The van der Waals surface area contributed by atoms with Crippen LogP contribution in [-0.2, 0) is 44.5 Å². The Morgan fingerprint density at radius 3 is 1.60 bits per heavy atom. The van der Waals surface area contributed by atoms with Crippen molar-refractivity contribution >= 4 is 29.7 Å². The number of benzene rings is 4. The van der Waals surface area contributed by atoms with Crippen molar-refractivity contribution in [3.8, 4) is 0 Å². The number of thioether (sulfide) groups is 1. The van der Waals surface area contributed by atoms with Crippen molar-refractivity contribution in [3.05, 3.63) is 144 Å². The molecule has 0 spiro atoms. The monoisotopic (exact) mass is 582 g/mol. The van der Waals surface area contributed by atoms with Gasteiger partial charge in [-0.05, 0) is 22.3 Å². The molecule has 0 saturated heterocycles. The van der Waals surface area contributed by atoms with Gasteiger partial charge in [0.2, 0.25) is 5.91 Å². The minimum absolute atomic E-state index is 0.0701. The normalized spacial score (nSPS) is 12.0. The summed E-state index contributed by atoms with van der Waals surface area (Å²) < 4.78 is 11.0. The van der Waals surface area contributed by atoms with Crippen LogP contribution >= 0.6 is 11.8 Å². The average Bonchev–Trinajstić information content (AvgIpc) is 3.04. The van der Waals surface area contributed by atoms with Crippen LogP contribution in [0.25, 0.3) is 0 Å². The van der Waals surface area contributed by atoms with E-state index >= 15 is 0 Å². The number of ether oxygens (including phenoxy) is 2. The van der Waals surface area contributed by atoms with Crippen LogP contribution in [0.15, 0.2) is 121 Å². The van der Waals surface area contributed by atoms with E-state index in [0.29, 0.717) is 5.75 Å². The smallest absolute Gasteiger partial charge is 0.408 e. The molecular formula is C34H34N2O5S. The molecule has 0 aromatic heterocycles. The predicted molar refractivity (Wildman–Crippen MR) is 164 cm³/mol. The van der Waals surface area contributed by atoms with Gasteiger partial charge in [-0.25, -0.2) is 9.59 Å². The summed E-state index contributed by atoms with van der Waals surface area (Å²) in [5, 5.41) is 5.53. The highest BCUT2D eigenvalue weighted by molar-refractivity contribution is 7.98. The van der Waals surface area contributed by atoms with Crippen LogP contribution in [0.1, 0.15) is 22.3 Å². The largest absolute Gasteiger partial charge is 0.459 e. The van der Waals surface area contributed by atoms with Crippen LogP contribution in [0.5, 0.6) is 0 Å². The van der Waals surface area contributed by atoms with Gasteiger partial charge in [-0.3, -0.25) is 4.79 Å². The van der Waals surface area contributed by atoms with Crippen molar-refractivity contribution in [1.29, 1.82) is 0 Å². The SMILES string of the molecule is O=C(N[C@@H](CSCc1ccccc1)C(=O)N[C@H](Cc1ccccc1)C(=O)OCc1ccccc1)OCc1ccccc1. The molecule has 0 aliphatic carbocycles. The zero-order chi connectivity index (χ0) is 29.4. The number of carbonyl (C=O) groups is 3. The van der Waals surface area contributed by atoms with Crippen LogP contribution in [0.4, 0.5) is 4.79 Å². The quantitative estimate of drug-likeness (QED) is 0.186. The summed E-state index contributed by atoms with van der Waals surface area (Å²) in [5.41, 5.74) is 3.63. The van der Waals surface area contributed by atoms with Gasteiger partial charge < -0.3 is 20.1 Å². The number of carbonyl (C=O) groups excluding carboxylic acids is 3. The molecule has 0 unspecified atom stereocenters. The number of esters is 1. The average molecular weight is 583 g/mol. The van der Waals surface area contributed by atoms with Crippen LogP contribution in [-0.4, -0.2) is 35.8 Å². The highest BCUT2D eigenvalue weighted by Gasteiger charge is 2.28. The van der Waals surface area contributed by atoms with Crippen molar-refractivity contribution in [2.24, 2.45) is 0 Å². The van der Waals surface area contributed by atoms with Gasteiger partial charge in [0, 0.05) is 17.9 Å². The first-order valence-corrected chi connectivity index (χ1v) is 14.9. The summed E-state index contributed by atoms with van der Waals surface area (Å²) in [4.78, 5) is 39.5. The maximum atomic E-state index is 13.6. The Morgan fingerprint density at radius 1 is 0.571 bits per heavy atom. The Morgan fingerprint density at radius 2 is 1.05 bits per heavy atom. The number of alkyl carbamates (subject to hydrolysis) is 1. The summed E-state index contributed by atoms with van der Waals surface area (Å²) in [7, 11) is 0. The molecule has 2 N–H and O–H groups in total. The van der Waals surface area contributed by atoms with Crippen molar-refractivity contribution in [2.45, 2.75) is 37.5 Å². The Balaban J connectivity index is 1.43. The first kappa shape index (κ1) is 30.4. The van der Waals surface area contributed by atoms with Gasteiger partial charge in [0.1, 0.15) is 25.3 Å². The molecule has 216 valence electrons. The standard InChI is InChI=1S/C34H34N2O5S/c37-32(35-30(21-26-13-5-1-6-14-26)33(38)40-22-27-15-7-2-8-16-27)31(25-42-24-29-19-11-4-12-20-29)36-34(39)41-23-28-17-9-3-10-18-28/h1-20,30-31H,21-25H2,(H,35,37)(H,36,39)/t30-,31+/m1/s1. The maximum absolute atomic E-state index is 13.6. The summed E-state index contributed by atoms with van der Waals surface area (Å²) in [6, 6.07) is 36.0. The number of amides is 2. The zero-order valence-electron chi connectivity index (χ0n) is 23.2. The third kappa shape index (κ3) is 10.4. The van der Waals surface area contributed by atoms with E-state index in [1.165, 1.54) is 11.8 Å². The minimum atomic E-state index is -0.952. The maximum Gasteiger partial charge on any atom is 0.408 e. The molecule has 7 nitrogen and oxygen atoms in total. The minimum Gasteiger partial charge on any atom is -0.459 e. The first-order chi connectivity index (χ1) is 20.6. The van der Waals surface area contributed by atoms with Crippen molar-refractivity contribution in [1.82, 2.24) is 10.6 Å². The van der Waals surface area contributed by atoms with Gasteiger partial charge in [-0.15, -0.1) is 0 Å². The second-order valence-corrected chi connectivity index (χ2v) is 10.6. The van der Waals surface area contributed by atoms with Gasteiger partial charge in [0.05, 0.1) is 0 Å². The fourth-order valence-corrected chi connectivity index (χ4v) is 5.12. The van der Waals surface area contributed by atoms with Crippen molar-refractivity contribution in [2.75, 3.05) is 5.75 Å². The third-order valence-electron chi connectivity index (χ3n) is 6.32. The Hall–Kier alpha value is -4.56. The number of nitrogens with one attached hydrogen (secondary N) is 2. The fourth-order valence-electron chi connectivity index (χ4n) is 4.10. The lowest BCUT2D eigenvalue weighted by Crippen LogP contribution is -2.53. The summed E-state index contributed by atoms with van der Waals surface area (Å²) in [6.45, 7) is 0.155. The fraction of sp³-hybridized carbons (Fsp3) is 0.206. The third-order valence-corrected chi connectivity index (χ3v) is 7.43. The molecule has 42 heavy (non-hydrogen) atoms. The van der Waals surface area contributed by atoms with E-state index in [4.69, 9.17) is 9.47 Å². The highest BCUT2D eigenvalue weighted by atomic mass is 32.2. The molecule has 2 atom stereocenters. The highest BCUT2D eigenvalue weighted by Crippen LogP contribution is 2.14. The Kier molecular flexibility index (Phi) is 12.0. The lowest BCUT2D eigenvalue weighted by molar-refractivity contribution is -0.149. The lowest BCUT2D eigenvalue weighted by Gasteiger charge is -2.23. The van der Waals surface area contributed by atoms with E-state index < -0.39 is 30.1 Å². The second kappa shape index (κ2) is 16.6. The second-order valence-electron chi connectivity index (χ2n) is 9.60. The number of hydrogen-bond acceptors (Lipinski definition) is 6. The number of hydrogen-bond donors (Lipinski definition) is 2. The molecule has 0 fully saturated rings. The van der Waals surface area contributed by atoms with Crippen LogP contribution in [0, 0.1) is 0 Å². The van der Waals surface area contributed by atoms with Gasteiger partial charge >= 0.3 is 12.1 Å². The molecule has 4 rings (SSSR count). The lowest BCUT2D eigenvalue weighted by atomic mass is 10.1. The molecule has 4 aromatic rings. The summed E-state index contributed by atoms with van der Waals surface area (Å²) >= 11 is 1.50.